The highest BCUT2D eigenvalue weighted by Gasteiger charge is 2.11. The van der Waals surface area contributed by atoms with Gasteiger partial charge in [0.15, 0.2) is 0 Å². The quantitative estimate of drug-likeness (QED) is 0.670. The van der Waals surface area contributed by atoms with Crippen LogP contribution in [0.4, 0.5) is 5.82 Å². The lowest BCUT2D eigenvalue weighted by molar-refractivity contribution is 0.523. The maximum absolute atomic E-state index is 4.42. The third kappa shape index (κ3) is 4.40. The molecule has 0 fully saturated rings. The second-order valence-corrected chi connectivity index (χ2v) is 7.41. The average Bonchev–Trinajstić information content (AvgIpc) is 2.73. The molecule has 1 N–H and O–H groups in total. The maximum atomic E-state index is 4.42. The highest BCUT2D eigenvalue weighted by Crippen LogP contribution is 2.32. The third-order valence-corrected chi connectivity index (χ3v) is 5.08. The number of aromatic nitrogens is 2. The molecule has 0 spiro atoms. The minimum atomic E-state index is 0.835. The summed E-state index contributed by atoms with van der Waals surface area (Å²) in [5, 5.41) is 4.71. The molecule has 4 heteroatoms. The summed E-state index contributed by atoms with van der Waals surface area (Å²) in [5.74, 6) is 1.84. The first kappa shape index (κ1) is 16.2. The van der Waals surface area contributed by atoms with E-state index in [1.807, 2.05) is 0 Å². The van der Waals surface area contributed by atoms with Crippen molar-refractivity contribution in [3.63, 3.8) is 0 Å². The fraction of sp³-hybridized carbons (Fsp3) is 0.647. The summed E-state index contributed by atoms with van der Waals surface area (Å²) in [7, 11) is 0. The number of hydrogen-bond donors (Lipinski definition) is 1. The lowest BCUT2D eigenvalue weighted by Gasteiger charge is -2.08. The predicted molar refractivity (Wildman–Crippen MR) is 93.3 cm³/mol. The van der Waals surface area contributed by atoms with Gasteiger partial charge in [-0.25, -0.2) is 9.97 Å². The maximum Gasteiger partial charge on any atom is 0.138 e. The number of aryl methyl sites for hydroxylation is 2. The van der Waals surface area contributed by atoms with Crippen molar-refractivity contribution >= 4 is 27.4 Å². The number of nitrogens with zero attached hydrogens (tertiary/aromatic N) is 2. The summed E-state index contributed by atoms with van der Waals surface area (Å²) in [6, 6.07) is 0. The van der Waals surface area contributed by atoms with E-state index >= 15 is 0 Å². The van der Waals surface area contributed by atoms with Crippen molar-refractivity contribution in [1.29, 1.82) is 0 Å². The zero-order chi connectivity index (χ0) is 15.2. The average molecular weight is 305 g/mol. The van der Waals surface area contributed by atoms with Gasteiger partial charge >= 0.3 is 0 Å². The molecule has 2 aromatic rings. The Morgan fingerprint density at radius 3 is 2.62 bits per heavy atom. The lowest BCUT2D eigenvalue weighted by atomic mass is 10.0. The number of unbranched alkanes of at least 4 members (excludes halogenated alkanes) is 3. The SMILES string of the molecule is Cc1sc2ncnc(NCCCCCCC(C)C)c2c1C. The van der Waals surface area contributed by atoms with Crippen LogP contribution in [0.1, 0.15) is 56.4 Å². The first-order valence-corrected chi connectivity index (χ1v) is 8.85. The fourth-order valence-corrected chi connectivity index (χ4v) is 3.55. The van der Waals surface area contributed by atoms with Gasteiger partial charge in [-0.3, -0.25) is 0 Å². The molecule has 21 heavy (non-hydrogen) atoms. The Hall–Kier alpha value is -1.16. The molecule has 0 amide bonds. The van der Waals surface area contributed by atoms with Gasteiger partial charge in [-0.15, -0.1) is 11.3 Å². The number of rotatable bonds is 8. The summed E-state index contributed by atoms with van der Waals surface area (Å²) in [5.41, 5.74) is 1.31. The molecule has 0 aliphatic heterocycles. The minimum Gasteiger partial charge on any atom is -0.369 e. The monoisotopic (exact) mass is 305 g/mol. The summed E-state index contributed by atoms with van der Waals surface area (Å²) < 4.78 is 0. The van der Waals surface area contributed by atoms with Crippen LogP contribution in [0.2, 0.25) is 0 Å². The van der Waals surface area contributed by atoms with E-state index in [2.05, 4.69) is 43.0 Å². The van der Waals surface area contributed by atoms with Gasteiger partial charge in [-0.2, -0.15) is 0 Å². The Kier molecular flexibility index (Phi) is 5.97. The molecular weight excluding hydrogens is 278 g/mol. The number of thiophene rings is 1. The molecule has 0 atom stereocenters. The number of anilines is 1. The van der Waals surface area contributed by atoms with E-state index in [-0.39, 0.29) is 0 Å². The Morgan fingerprint density at radius 2 is 1.86 bits per heavy atom. The van der Waals surface area contributed by atoms with Crippen molar-refractivity contribution in [1.82, 2.24) is 9.97 Å². The van der Waals surface area contributed by atoms with Crippen molar-refractivity contribution in [3.05, 3.63) is 16.8 Å². The van der Waals surface area contributed by atoms with Crippen LogP contribution in [0.3, 0.4) is 0 Å². The molecule has 0 saturated heterocycles. The van der Waals surface area contributed by atoms with Crippen LogP contribution in [0.25, 0.3) is 10.2 Å². The van der Waals surface area contributed by atoms with Crippen molar-refractivity contribution < 1.29 is 0 Å². The standard InChI is InChI=1S/C17H27N3S/c1-12(2)9-7-5-6-8-10-18-16-15-13(3)14(4)21-17(15)20-11-19-16/h11-12H,5-10H2,1-4H3,(H,18,19,20). The van der Waals surface area contributed by atoms with Crippen LogP contribution < -0.4 is 5.32 Å². The first-order valence-electron chi connectivity index (χ1n) is 8.04. The van der Waals surface area contributed by atoms with Crippen LogP contribution in [0.15, 0.2) is 6.33 Å². The van der Waals surface area contributed by atoms with Gasteiger partial charge in [0.1, 0.15) is 17.0 Å². The normalized spacial score (nSPS) is 11.5. The zero-order valence-electron chi connectivity index (χ0n) is 13.7. The summed E-state index contributed by atoms with van der Waals surface area (Å²) in [6.45, 7) is 9.91. The van der Waals surface area contributed by atoms with E-state index in [1.165, 1.54) is 47.9 Å². The lowest BCUT2D eigenvalue weighted by Crippen LogP contribution is -2.04. The van der Waals surface area contributed by atoms with E-state index in [4.69, 9.17) is 0 Å². The van der Waals surface area contributed by atoms with E-state index in [1.54, 1.807) is 17.7 Å². The van der Waals surface area contributed by atoms with Crippen molar-refractivity contribution in [2.45, 2.75) is 59.8 Å². The topological polar surface area (TPSA) is 37.8 Å². The van der Waals surface area contributed by atoms with Gasteiger partial charge in [0.2, 0.25) is 0 Å². The molecule has 116 valence electrons. The Balaban J connectivity index is 1.81. The van der Waals surface area contributed by atoms with Gasteiger partial charge < -0.3 is 5.32 Å². The summed E-state index contributed by atoms with van der Waals surface area (Å²) in [6.07, 6.45) is 8.24. The van der Waals surface area contributed by atoms with E-state index in [9.17, 15) is 0 Å². The number of nitrogens with one attached hydrogen (secondary N) is 1. The molecule has 2 rings (SSSR count). The minimum absolute atomic E-state index is 0.835. The van der Waals surface area contributed by atoms with Gasteiger partial charge in [0, 0.05) is 11.4 Å². The molecule has 0 saturated carbocycles. The molecule has 0 aromatic carbocycles. The van der Waals surface area contributed by atoms with Gasteiger partial charge in [-0.05, 0) is 31.7 Å². The smallest absolute Gasteiger partial charge is 0.138 e. The largest absolute Gasteiger partial charge is 0.369 e. The Bertz CT molecular complexity index is 575. The van der Waals surface area contributed by atoms with Crippen molar-refractivity contribution in [2.75, 3.05) is 11.9 Å². The van der Waals surface area contributed by atoms with E-state index < -0.39 is 0 Å². The zero-order valence-corrected chi connectivity index (χ0v) is 14.5. The van der Waals surface area contributed by atoms with Crippen molar-refractivity contribution in [3.8, 4) is 0 Å². The molecule has 0 radical (unpaired) electrons. The van der Waals surface area contributed by atoms with Crippen LogP contribution in [0.5, 0.6) is 0 Å². The summed E-state index contributed by atoms with van der Waals surface area (Å²) >= 11 is 1.75. The molecular formula is C17H27N3S. The van der Waals surface area contributed by atoms with Gasteiger partial charge in [-0.1, -0.05) is 39.5 Å². The third-order valence-electron chi connectivity index (χ3n) is 3.97. The highest BCUT2D eigenvalue weighted by atomic mass is 32.1. The predicted octanol–water partition coefficient (Wildman–Crippen LogP) is 5.33. The van der Waals surface area contributed by atoms with Gasteiger partial charge in [0.25, 0.3) is 0 Å². The molecule has 2 heterocycles. The van der Waals surface area contributed by atoms with Gasteiger partial charge in [0.05, 0.1) is 5.39 Å². The second-order valence-electron chi connectivity index (χ2n) is 6.21. The Morgan fingerprint density at radius 1 is 1.10 bits per heavy atom. The van der Waals surface area contributed by atoms with Crippen molar-refractivity contribution in [2.24, 2.45) is 5.92 Å². The van der Waals surface area contributed by atoms with Crippen LogP contribution in [-0.4, -0.2) is 16.5 Å². The van der Waals surface area contributed by atoms with E-state index in [0.29, 0.717) is 0 Å². The van der Waals surface area contributed by atoms with E-state index in [0.717, 1.165) is 23.1 Å². The second kappa shape index (κ2) is 7.74. The number of fused-ring (bicyclic) bond motifs is 1. The Labute approximate surface area is 132 Å². The summed E-state index contributed by atoms with van der Waals surface area (Å²) in [4.78, 5) is 11.2. The van der Waals surface area contributed by atoms with Crippen LogP contribution in [0, 0.1) is 19.8 Å². The van der Waals surface area contributed by atoms with Crippen LogP contribution in [-0.2, 0) is 0 Å². The molecule has 2 aromatic heterocycles. The molecule has 3 nitrogen and oxygen atoms in total. The molecule has 0 bridgehead atoms. The first-order chi connectivity index (χ1) is 10.1. The molecule has 0 unspecified atom stereocenters. The highest BCUT2D eigenvalue weighted by molar-refractivity contribution is 7.18. The molecule has 0 aliphatic carbocycles. The van der Waals surface area contributed by atoms with Crippen LogP contribution >= 0.6 is 11.3 Å². The fourth-order valence-electron chi connectivity index (χ4n) is 2.55. The number of hydrogen-bond acceptors (Lipinski definition) is 4. The molecule has 0 aliphatic rings.